The van der Waals surface area contributed by atoms with E-state index < -0.39 is 29.3 Å². The SMILES string of the molecule is Cc1ccc(-n2nc(C(C)(C)C)cc2N)cc1.Cc1ccc(-n2nc(C(C)(C)C)cc2NC(=O)C(F)(F)c2ccc(OCCN3CCOCC3)c3ccccc23)cc1.O=C(O)C(F)(F)c1ccc(OCCN2CCOCC2)c2ccccc12. The number of carbonyl (C=O) groups is 2. The molecule has 4 N–H and O–H groups in total. The van der Waals surface area contributed by atoms with E-state index in [1.807, 2.05) is 70.2 Å². The number of aromatic nitrogens is 4. The molecule has 8 aromatic rings. The summed E-state index contributed by atoms with van der Waals surface area (Å²) >= 11 is 0. The molecule has 0 unspecified atom stereocenters. The predicted octanol–water partition coefficient (Wildman–Crippen LogP) is 11.9. The number of carboxylic acids is 1. The van der Waals surface area contributed by atoms with E-state index in [-0.39, 0.29) is 33.0 Å². The number of rotatable bonds is 15. The summed E-state index contributed by atoms with van der Waals surface area (Å²) in [6.07, 6.45) is 0. The number of carboxylic acid groups (broad SMARTS) is 1. The van der Waals surface area contributed by atoms with Gasteiger partial charge < -0.3 is 35.1 Å². The summed E-state index contributed by atoms with van der Waals surface area (Å²) in [7, 11) is 0. The predicted molar refractivity (Wildman–Crippen MR) is 316 cm³/mol. The summed E-state index contributed by atoms with van der Waals surface area (Å²) in [5.74, 6) is -9.55. The summed E-state index contributed by atoms with van der Waals surface area (Å²) in [6.45, 7) is 24.8. The van der Waals surface area contributed by atoms with Crippen molar-refractivity contribution in [3.8, 4) is 22.9 Å². The highest BCUT2D eigenvalue weighted by molar-refractivity contribution is 6.01. The number of benzene rings is 6. The van der Waals surface area contributed by atoms with Gasteiger partial charge in [0.05, 0.1) is 49.2 Å². The molecule has 83 heavy (non-hydrogen) atoms. The molecule has 0 atom stereocenters. The molecule has 4 heterocycles. The van der Waals surface area contributed by atoms with Crippen LogP contribution in [-0.2, 0) is 41.7 Å². The normalized spacial score (nSPS) is 14.6. The van der Waals surface area contributed by atoms with Gasteiger partial charge in [0.25, 0.3) is 0 Å². The van der Waals surface area contributed by atoms with E-state index in [0.29, 0.717) is 92.2 Å². The van der Waals surface area contributed by atoms with E-state index in [9.17, 15) is 18.4 Å². The first kappa shape index (κ1) is 61.2. The van der Waals surface area contributed by atoms with Gasteiger partial charge in [0.1, 0.15) is 36.3 Å². The topological polar surface area (TPSA) is 171 Å². The lowest BCUT2D eigenvalue weighted by Crippen LogP contribution is -2.38. The number of alkyl halides is 4. The Morgan fingerprint density at radius 2 is 0.964 bits per heavy atom. The number of nitrogens with one attached hydrogen (secondary N) is 1. The third-order valence-corrected chi connectivity index (χ3v) is 14.3. The Labute approximate surface area is 481 Å². The number of carbonyl (C=O) groups excluding carboxylic acids is 1. The number of nitrogens with two attached hydrogens (primary N) is 1. The van der Waals surface area contributed by atoms with Crippen LogP contribution in [0.1, 0.15) is 75.2 Å². The first-order valence-electron chi connectivity index (χ1n) is 27.7. The van der Waals surface area contributed by atoms with Gasteiger partial charge in [0.2, 0.25) is 0 Å². The number of nitrogens with zero attached hydrogens (tertiary/aromatic N) is 6. The van der Waals surface area contributed by atoms with Gasteiger partial charge in [0, 0.05) is 84.1 Å². The highest BCUT2D eigenvalue weighted by Crippen LogP contribution is 2.40. The molecular weight excluding hydrogens is 1070 g/mol. The molecule has 440 valence electrons. The third-order valence-electron chi connectivity index (χ3n) is 14.3. The molecule has 15 nitrogen and oxygen atoms in total. The van der Waals surface area contributed by atoms with Gasteiger partial charge >= 0.3 is 23.7 Å². The van der Waals surface area contributed by atoms with Crippen LogP contribution in [0.4, 0.5) is 29.2 Å². The average Bonchev–Trinajstić information content (AvgIpc) is 4.25. The van der Waals surface area contributed by atoms with Gasteiger partial charge in [-0.05, 0) is 73.2 Å². The quantitative estimate of drug-likeness (QED) is 0.0831. The summed E-state index contributed by atoms with van der Waals surface area (Å²) in [5.41, 5.74) is 10.4. The van der Waals surface area contributed by atoms with Crippen LogP contribution < -0.4 is 20.5 Å². The lowest BCUT2D eigenvalue weighted by Gasteiger charge is -2.26. The summed E-state index contributed by atoms with van der Waals surface area (Å²) in [6, 6.07) is 37.8. The van der Waals surface area contributed by atoms with Gasteiger partial charge in [-0.2, -0.15) is 27.8 Å². The fourth-order valence-electron chi connectivity index (χ4n) is 9.37. The molecule has 19 heteroatoms. The summed E-state index contributed by atoms with van der Waals surface area (Å²) < 4.78 is 85.5. The zero-order valence-corrected chi connectivity index (χ0v) is 48.4. The van der Waals surface area contributed by atoms with Crippen LogP contribution in [0.5, 0.6) is 11.5 Å². The number of ether oxygens (including phenoxy) is 4. The van der Waals surface area contributed by atoms with Crippen molar-refractivity contribution in [3.05, 3.63) is 167 Å². The van der Waals surface area contributed by atoms with E-state index in [2.05, 4.69) is 65.1 Å². The van der Waals surface area contributed by atoms with Crippen molar-refractivity contribution in [2.45, 2.75) is 78.1 Å². The van der Waals surface area contributed by atoms with Gasteiger partial charge in [-0.25, -0.2) is 14.2 Å². The van der Waals surface area contributed by atoms with E-state index in [4.69, 9.17) is 29.8 Å². The van der Waals surface area contributed by atoms with Crippen molar-refractivity contribution in [2.24, 2.45) is 0 Å². The van der Waals surface area contributed by atoms with Crippen molar-refractivity contribution < 1.29 is 51.2 Å². The van der Waals surface area contributed by atoms with Crippen molar-refractivity contribution in [3.63, 3.8) is 0 Å². The van der Waals surface area contributed by atoms with E-state index in [1.54, 1.807) is 53.2 Å². The number of anilines is 2. The van der Waals surface area contributed by atoms with E-state index in [1.165, 1.54) is 34.5 Å². The first-order valence-corrected chi connectivity index (χ1v) is 27.7. The fourth-order valence-corrected chi connectivity index (χ4v) is 9.37. The Kier molecular flexibility index (Phi) is 19.3. The lowest BCUT2D eigenvalue weighted by atomic mass is 9.92. The Morgan fingerprint density at radius 3 is 1.39 bits per heavy atom. The number of amides is 1. The Hall–Kier alpha value is -7.84. The molecule has 2 aromatic heterocycles. The molecule has 1 amide bonds. The number of hydrogen-bond donors (Lipinski definition) is 3. The second-order valence-electron chi connectivity index (χ2n) is 22.7. The number of morpholine rings is 2. The van der Waals surface area contributed by atoms with Crippen LogP contribution >= 0.6 is 0 Å². The highest BCUT2D eigenvalue weighted by atomic mass is 19.3. The maximum Gasteiger partial charge on any atom is 0.379 e. The van der Waals surface area contributed by atoms with Crippen molar-refractivity contribution >= 4 is 45.1 Å². The van der Waals surface area contributed by atoms with Gasteiger partial charge in [-0.3, -0.25) is 14.6 Å². The monoisotopic (exact) mass is 1140 g/mol. The van der Waals surface area contributed by atoms with Crippen LogP contribution in [0.15, 0.2) is 133 Å². The Balaban J connectivity index is 0.000000181. The zero-order chi connectivity index (χ0) is 59.7. The van der Waals surface area contributed by atoms with Gasteiger partial charge in [-0.15, -0.1) is 0 Å². The minimum absolute atomic E-state index is 0.0179. The largest absolute Gasteiger partial charge is 0.492 e. The molecule has 10 rings (SSSR count). The fraction of sp³-hybridized carbons (Fsp3) is 0.375. The molecule has 2 aliphatic rings. The maximum atomic E-state index is 15.9. The van der Waals surface area contributed by atoms with Crippen molar-refractivity contribution in [1.29, 1.82) is 0 Å². The number of aliphatic carboxylic acids is 1. The highest BCUT2D eigenvalue weighted by Gasteiger charge is 2.44. The number of aryl methyl sites for hydroxylation is 2. The van der Waals surface area contributed by atoms with Gasteiger partial charge in [-0.1, -0.05) is 125 Å². The molecule has 0 bridgehead atoms. The maximum absolute atomic E-state index is 15.9. The van der Waals surface area contributed by atoms with Crippen LogP contribution in [0.2, 0.25) is 0 Å². The number of hydrogen-bond acceptors (Lipinski definition) is 11. The number of nitrogen functional groups attached to an aromatic ring is 1. The van der Waals surface area contributed by atoms with Crippen molar-refractivity contribution in [1.82, 2.24) is 29.4 Å². The molecular formula is C64H74F4N8O7. The lowest BCUT2D eigenvalue weighted by molar-refractivity contribution is -0.166. The molecule has 2 fully saturated rings. The van der Waals surface area contributed by atoms with E-state index in [0.717, 1.165) is 49.2 Å². The Morgan fingerprint density at radius 1 is 0.566 bits per heavy atom. The molecule has 0 radical (unpaired) electrons. The first-order chi connectivity index (χ1) is 39.4. The van der Waals surface area contributed by atoms with Crippen LogP contribution in [-0.4, -0.2) is 125 Å². The zero-order valence-electron chi connectivity index (χ0n) is 48.4. The number of fused-ring (bicyclic) bond motifs is 2. The van der Waals surface area contributed by atoms with Crippen LogP contribution in [0.25, 0.3) is 32.9 Å². The smallest absolute Gasteiger partial charge is 0.379 e. The minimum Gasteiger partial charge on any atom is -0.492 e. The molecule has 2 aliphatic heterocycles. The Bertz CT molecular complexity index is 3490. The molecule has 0 spiro atoms. The molecule has 2 saturated heterocycles. The number of halogens is 4. The molecule has 0 aliphatic carbocycles. The molecule has 0 saturated carbocycles. The third kappa shape index (κ3) is 15.1. The second kappa shape index (κ2) is 26.2. The van der Waals surface area contributed by atoms with Crippen molar-refractivity contribution in [2.75, 3.05) is 90.0 Å². The average molecular weight is 1140 g/mol. The van der Waals surface area contributed by atoms with Crippen LogP contribution in [0, 0.1) is 13.8 Å². The van der Waals surface area contributed by atoms with E-state index >= 15 is 8.78 Å². The van der Waals surface area contributed by atoms with Crippen LogP contribution in [0.3, 0.4) is 0 Å². The summed E-state index contributed by atoms with van der Waals surface area (Å²) in [5, 5.41) is 21.9. The summed E-state index contributed by atoms with van der Waals surface area (Å²) in [4.78, 5) is 28.6. The minimum atomic E-state index is -3.95. The van der Waals surface area contributed by atoms with Gasteiger partial charge in [0.15, 0.2) is 0 Å². The second-order valence-corrected chi connectivity index (χ2v) is 22.7. The standard InChI is InChI=1S/C32H36F2N4O3.C18H19F2NO4.C14H19N3/c1-22-9-11-23(12-10-22)38-29(21-28(36-38)31(2,3)4)35-30(39)32(33,34)26-13-14-27(25-8-6-5-7-24(25)26)41-20-17-37-15-18-40-19-16-37;19-18(20,17(22)23)15-5-6-16(14-4-2-1-3-13(14)15)25-12-9-21-7-10-24-11-8-21;1-10-5-7-11(8-6-10)17-13(15)9-12(16-17)14(2,3)4/h5-14,21H,15-20H2,1-4H3,(H,35,39);1-6H,7-12H2,(H,22,23);5-9H,15H2,1-4H3. The molecule has 6 aromatic carbocycles.